The molecule has 3 nitrogen and oxygen atoms in total. The van der Waals surface area contributed by atoms with Gasteiger partial charge in [-0.1, -0.05) is 6.92 Å². The summed E-state index contributed by atoms with van der Waals surface area (Å²) in [4.78, 5) is 13.3. The summed E-state index contributed by atoms with van der Waals surface area (Å²) in [6.07, 6.45) is 2.20. The minimum atomic E-state index is -1.57. The van der Waals surface area contributed by atoms with Gasteiger partial charge in [0.05, 0.1) is 18.8 Å². The molecule has 3 atom stereocenters. The number of halogens is 3. The van der Waals surface area contributed by atoms with E-state index in [0.717, 1.165) is 43.0 Å². The maximum Gasteiger partial charge on any atom is 0.282 e. The smallest absolute Gasteiger partial charge is 0.282 e. The Bertz CT molecular complexity index is 536. The Kier molecular flexibility index (Phi) is 4.88. The van der Waals surface area contributed by atoms with E-state index in [1.165, 1.54) is 0 Å². The molecule has 2 rings (SSSR count). The number of benzene rings is 1. The molecule has 0 aromatic heterocycles. The highest BCUT2D eigenvalue weighted by atomic mass is 19.2. The van der Waals surface area contributed by atoms with Crippen LogP contribution in [0.3, 0.4) is 0 Å². The average Bonchev–Trinajstić information content (AvgIpc) is 2.47. The van der Waals surface area contributed by atoms with E-state index in [9.17, 15) is 18.0 Å². The average molecular weight is 301 g/mol. The molecule has 1 unspecified atom stereocenters. The molecule has 21 heavy (non-hydrogen) atoms. The van der Waals surface area contributed by atoms with Gasteiger partial charge in [-0.05, 0) is 31.9 Å². The minimum absolute atomic E-state index is 0.324. The van der Waals surface area contributed by atoms with Crippen LogP contribution >= 0.6 is 0 Å². The third-order valence-corrected chi connectivity index (χ3v) is 4.10. The predicted octanol–water partition coefficient (Wildman–Crippen LogP) is 1.75. The molecule has 6 heteroatoms. The Morgan fingerprint density at radius 2 is 2.05 bits per heavy atom. The van der Waals surface area contributed by atoms with Crippen molar-refractivity contribution in [2.45, 2.75) is 32.7 Å². The standard InChI is InChI=1S/C15H19F3N2O/c1-9-4-3-7-20(8-9)10(2)15(21)19-12-6-5-11(16)13(17)14(12)18/h5-6,9-10H,3-4,7-8H2,1-2H3,(H,19,21)/p+1/t9-,10-/m0/s1. The van der Waals surface area contributed by atoms with Crippen molar-refractivity contribution in [2.75, 3.05) is 18.4 Å². The monoisotopic (exact) mass is 301 g/mol. The van der Waals surface area contributed by atoms with E-state index in [2.05, 4.69) is 12.2 Å². The van der Waals surface area contributed by atoms with Gasteiger partial charge in [-0.15, -0.1) is 0 Å². The SMILES string of the molecule is C[C@H]1CCC[NH+]([C@@H](C)C(=O)Nc2ccc(F)c(F)c2F)C1. The number of carbonyl (C=O) groups is 1. The number of nitrogens with one attached hydrogen (secondary N) is 2. The van der Waals surface area contributed by atoms with Gasteiger partial charge in [0.15, 0.2) is 23.5 Å². The first-order valence-corrected chi connectivity index (χ1v) is 7.19. The molecule has 2 N–H and O–H groups in total. The van der Waals surface area contributed by atoms with Gasteiger partial charge in [-0.2, -0.15) is 0 Å². The highest BCUT2D eigenvalue weighted by Crippen LogP contribution is 2.19. The van der Waals surface area contributed by atoms with Crippen LogP contribution in [0, 0.1) is 23.4 Å². The van der Waals surface area contributed by atoms with Crippen LogP contribution in [0.5, 0.6) is 0 Å². The Labute approximate surface area is 122 Å². The van der Waals surface area contributed by atoms with Crippen LogP contribution in [-0.2, 0) is 4.79 Å². The lowest BCUT2D eigenvalue weighted by Crippen LogP contribution is -3.17. The first kappa shape index (κ1) is 15.8. The number of hydrogen-bond donors (Lipinski definition) is 2. The van der Waals surface area contributed by atoms with Crippen LogP contribution in [0.15, 0.2) is 12.1 Å². The number of hydrogen-bond acceptors (Lipinski definition) is 1. The number of anilines is 1. The van der Waals surface area contributed by atoms with Crippen LogP contribution in [0.2, 0.25) is 0 Å². The fourth-order valence-corrected chi connectivity index (χ4v) is 2.77. The summed E-state index contributed by atoms with van der Waals surface area (Å²) >= 11 is 0. The lowest BCUT2D eigenvalue weighted by atomic mass is 9.99. The minimum Gasteiger partial charge on any atom is -0.325 e. The van der Waals surface area contributed by atoms with Gasteiger partial charge in [0.1, 0.15) is 0 Å². The maximum atomic E-state index is 13.6. The number of likely N-dealkylation sites (tertiary alicyclic amines) is 1. The number of piperidine rings is 1. The number of quaternary nitrogens is 1. The number of carbonyl (C=O) groups excluding carboxylic acids is 1. The molecule has 0 saturated carbocycles. The molecule has 0 radical (unpaired) electrons. The Morgan fingerprint density at radius 1 is 1.33 bits per heavy atom. The Hall–Kier alpha value is -1.56. The van der Waals surface area contributed by atoms with Gasteiger partial charge in [-0.3, -0.25) is 4.79 Å². The van der Waals surface area contributed by atoms with Gasteiger partial charge in [0, 0.05) is 5.92 Å². The summed E-state index contributed by atoms with van der Waals surface area (Å²) < 4.78 is 39.6. The predicted molar refractivity (Wildman–Crippen MR) is 73.5 cm³/mol. The molecule has 1 aliphatic rings. The molecule has 116 valence electrons. The molecule has 1 aliphatic heterocycles. The van der Waals surface area contributed by atoms with Crippen molar-refractivity contribution in [3.8, 4) is 0 Å². The Morgan fingerprint density at radius 3 is 2.71 bits per heavy atom. The third kappa shape index (κ3) is 3.56. The second-order valence-corrected chi connectivity index (χ2v) is 5.79. The summed E-state index contributed by atoms with van der Waals surface area (Å²) in [5.41, 5.74) is -0.324. The maximum absolute atomic E-state index is 13.6. The molecule has 1 aromatic carbocycles. The van der Waals surface area contributed by atoms with E-state index < -0.39 is 17.5 Å². The lowest BCUT2D eigenvalue weighted by molar-refractivity contribution is -0.922. The highest BCUT2D eigenvalue weighted by Gasteiger charge is 2.30. The van der Waals surface area contributed by atoms with E-state index in [0.29, 0.717) is 5.92 Å². The van der Waals surface area contributed by atoms with Crippen LogP contribution in [0.4, 0.5) is 18.9 Å². The first-order valence-electron chi connectivity index (χ1n) is 7.19. The summed E-state index contributed by atoms with van der Waals surface area (Å²) in [6, 6.07) is 1.47. The fourth-order valence-electron chi connectivity index (χ4n) is 2.77. The zero-order chi connectivity index (χ0) is 15.6. The van der Waals surface area contributed by atoms with Crippen molar-refractivity contribution >= 4 is 11.6 Å². The second-order valence-electron chi connectivity index (χ2n) is 5.79. The Balaban J connectivity index is 2.05. The van der Waals surface area contributed by atoms with Crippen molar-refractivity contribution < 1.29 is 22.9 Å². The zero-order valence-corrected chi connectivity index (χ0v) is 12.2. The molecule has 0 spiro atoms. The van der Waals surface area contributed by atoms with Crippen molar-refractivity contribution in [2.24, 2.45) is 5.92 Å². The fraction of sp³-hybridized carbons (Fsp3) is 0.533. The molecule has 1 fully saturated rings. The van der Waals surface area contributed by atoms with Gasteiger partial charge in [0.25, 0.3) is 5.91 Å². The summed E-state index contributed by atoms with van der Waals surface area (Å²) in [7, 11) is 0. The third-order valence-electron chi connectivity index (χ3n) is 4.10. The number of amides is 1. The van der Waals surface area contributed by atoms with Gasteiger partial charge >= 0.3 is 0 Å². The molecule has 0 aliphatic carbocycles. The highest BCUT2D eigenvalue weighted by molar-refractivity contribution is 5.93. The van der Waals surface area contributed by atoms with Crippen LogP contribution in [0.1, 0.15) is 26.7 Å². The zero-order valence-electron chi connectivity index (χ0n) is 12.2. The van der Waals surface area contributed by atoms with Crippen molar-refractivity contribution in [3.63, 3.8) is 0 Å². The van der Waals surface area contributed by atoms with E-state index in [1.54, 1.807) is 6.92 Å². The largest absolute Gasteiger partial charge is 0.325 e. The normalized spacial score (nSPS) is 23.7. The number of rotatable bonds is 3. The molecule has 0 bridgehead atoms. The van der Waals surface area contributed by atoms with Gasteiger partial charge in [-0.25, -0.2) is 13.2 Å². The van der Waals surface area contributed by atoms with E-state index in [-0.39, 0.29) is 17.6 Å². The summed E-state index contributed by atoms with van der Waals surface area (Å²) in [5.74, 6) is -4.04. The van der Waals surface area contributed by atoms with Gasteiger partial charge in [0.2, 0.25) is 0 Å². The van der Waals surface area contributed by atoms with Crippen molar-refractivity contribution in [3.05, 3.63) is 29.6 Å². The second kappa shape index (κ2) is 6.47. The lowest BCUT2D eigenvalue weighted by Gasteiger charge is -2.31. The molecule has 1 aromatic rings. The van der Waals surface area contributed by atoms with E-state index in [4.69, 9.17) is 0 Å². The molecular formula is C15H20F3N2O+. The van der Waals surface area contributed by atoms with Crippen molar-refractivity contribution in [1.82, 2.24) is 0 Å². The van der Waals surface area contributed by atoms with Crippen molar-refractivity contribution in [1.29, 1.82) is 0 Å². The molecule has 1 heterocycles. The van der Waals surface area contributed by atoms with Gasteiger partial charge < -0.3 is 10.2 Å². The quantitative estimate of drug-likeness (QED) is 0.819. The van der Waals surface area contributed by atoms with Crippen LogP contribution in [-0.4, -0.2) is 25.0 Å². The molecular weight excluding hydrogens is 281 g/mol. The summed E-state index contributed by atoms with van der Waals surface area (Å²) in [5, 5.41) is 2.35. The van der Waals surface area contributed by atoms with Crippen LogP contribution < -0.4 is 10.2 Å². The molecule has 1 amide bonds. The first-order chi connectivity index (χ1) is 9.90. The van der Waals surface area contributed by atoms with E-state index in [1.807, 2.05) is 0 Å². The molecule has 1 saturated heterocycles. The van der Waals surface area contributed by atoms with Crippen LogP contribution in [0.25, 0.3) is 0 Å². The van der Waals surface area contributed by atoms with E-state index >= 15 is 0 Å². The summed E-state index contributed by atoms with van der Waals surface area (Å²) in [6.45, 7) is 5.67. The topological polar surface area (TPSA) is 33.5 Å².